The number of nitrogens with zero attached hydrogens (tertiary/aromatic N) is 1. The third kappa shape index (κ3) is 4.11. The van der Waals surface area contributed by atoms with E-state index in [0.29, 0.717) is 40.3 Å². The quantitative estimate of drug-likeness (QED) is 0.798. The van der Waals surface area contributed by atoms with Gasteiger partial charge in [0.05, 0.1) is 5.02 Å². The van der Waals surface area contributed by atoms with Gasteiger partial charge < -0.3 is 19.3 Å². The lowest BCUT2D eigenvalue weighted by atomic mass is 10.2. The number of hydrogen-bond donors (Lipinski definition) is 1. The number of aromatic nitrogens is 1. The summed E-state index contributed by atoms with van der Waals surface area (Å²) >= 11 is 7.78. The molecule has 23 heavy (non-hydrogen) atoms. The van der Waals surface area contributed by atoms with Gasteiger partial charge in [-0.2, -0.15) is 11.8 Å². The summed E-state index contributed by atoms with van der Waals surface area (Å²) in [4.78, 5) is 11.8. The number of nitrogens with one attached hydrogen (secondary N) is 1. The van der Waals surface area contributed by atoms with Gasteiger partial charge >= 0.3 is 0 Å². The number of benzene rings is 1. The third-order valence-corrected chi connectivity index (χ3v) is 4.44. The molecule has 1 aliphatic heterocycles. The highest BCUT2D eigenvalue weighted by Gasteiger charge is 2.18. The van der Waals surface area contributed by atoms with Crippen LogP contribution in [-0.4, -0.2) is 23.6 Å². The molecule has 0 spiro atoms. The minimum absolute atomic E-state index is 0.0884. The normalized spacial score (nSPS) is 12.4. The number of ether oxygens (including phenoxy) is 2. The smallest absolute Gasteiger partial charge is 0.231 e. The van der Waals surface area contributed by atoms with E-state index < -0.39 is 0 Å². The van der Waals surface area contributed by atoms with Gasteiger partial charge in [0.2, 0.25) is 12.7 Å². The molecule has 0 radical (unpaired) electrons. The van der Waals surface area contributed by atoms with Gasteiger partial charge in [0.25, 0.3) is 0 Å². The number of halogens is 1. The van der Waals surface area contributed by atoms with Crippen molar-refractivity contribution >= 4 is 35.1 Å². The summed E-state index contributed by atoms with van der Waals surface area (Å²) < 4.78 is 15.5. The highest BCUT2D eigenvalue weighted by Crippen LogP contribution is 2.40. The minimum atomic E-state index is -0.0884. The zero-order valence-corrected chi connectivity index (χ0v) is 14.0. The SMILES string of the molecule is Cc1cc(NC(=O)CCSCc2cc(Cl)c3c(c2)OCO3)no1. The van der Waals surface area contributed by atoms with E-state index in [9.17, 15) is 4.79 Å². The van der Waals surface area contributed by atoms with E-state index in [1.165, 1.54) is 0 Å². The maximum absolute atomic E-state index is 11.8. The summed E-state index contributed by atoms with van der Waals surface area (Å²) in [6.45, 7) is 1.97. The molecule has 1 aromatic heterocycles. The number of rotatable bonds is 6. The number of amides is 1. The van der Waals surface area contributed by atoms with Crippen molar-refractivity contribution in [1.29, 1.82) is 0 Å². The van der Waals surface area contributed by atoms with E-state index in [4.69, 9.17) is 25.6 Å². The second-order valence-corrected chi connectivity index (χ2v) is 6.50. The largest absolute Gasteiger partial charge is 0.454 e. The molecule has 0 bridgehead atoms. The van der Waals surface area contributed by atoms with Crippen molar-refractivity contribution < 1.29 is 18.8 Å². The first kappa shape index (κ1) is 16.0. The molecule has 0 atom stereocenters. The predicted octanol–water partition coefficient (Wildman–Crippen LogP) is 3.63. The fourth-order valence-electron chi connectivity index (χ4n) is 2.09. The zero-order valence-electron chi connectivity index (χ0n) is 12.4. The lowest BCUT2D eigenvalue weighted by Gasteiger charge is -2.05. The molecule has 1 N–H and O–H groups in total. The second-order valence-electron chi connectivity index (χ2n) is 4.98. The van der Waals surface area contributed by atoms with Crippen molar-refractivity contribution in [3.05, 3.63) is 34.5 Å². The maximum Gasteiger partial charge on any atom is 0.231 e. The van der Waals surface area contributed by atoms with Gasteiger partial charge in [0, 0.05) is 24.0 Å². The second kappa shape index (κ2) is 7.14. The maximum atomic E-state index is 11.8. The number of aryl methyl sites for hydroxylation is 1. The van der Waals surface area contributed by atoms with E-state index in [1.807, 2.05) is 12.1 Å². The summed E-state index contributed by atoms with van der Waals surface area (Å²) in [6, 6.07) is 5.46. The summed E-state index contributed by atoms with van der Waals surface area (Å²) in [5, 5.41) is 6.96. The Kier molecular flexibility index (Phi) is 4.97. The topological polar surface area (TPSA) is 73.6 Å². The molecule has 2 aromatic rings. The van der Waals surface area contributed by atoms with E-state index in [2.05, 4.69) is 10.5 Å². The molecule has 0 saturated carbocycles. The third-order valence-electron chi connectivity index (χ3n) is 3.12. The monoisotopic (exact) mass is 354 g/mol. The number of carbonyl (C=O) groups is 1. The summed E-state index contributed by atoms with van der Waals surface area (Å²) in [5.74, 6) is 3.72. The van der Waals surface area contributed by atoms with E-state index in [0.717, 1.165) is 11.3 Å². The van der Waals surface area contributed by atoms with Gasteiger partial charge in [-0.1, -0.05) is 16.8 Å². The van der Waals surface area contributed by atoms with Crippen LogP contribution in [-0.2, 0) is 10.5 Å². The number of hydrogen-bond acceptors (Lipinski definition) is 6. The van der Waals surface area contributed by atoms with Gasteiger partial charge in [-0.25, -0.2) is 0 Å². The van der Waals surface area contributed by atoms with Crippen LogP contribution < -0.4 is 14.8 Å². The first-order valence-corrected chi connectivity index (χ1v) is 8.54. The van der Waals surface area contributed by atoms with E-state index >= 15 is 0 Å². The van der Waals surface area contributed by atoms with Crippen molar-refractivity contribution in [2.45, 2.75) is 19.1 Å². The molecule has 6 nitrogen and oxygen atoms in total. The van der Waals surface area contributed by atoms with Crippen LogP contribution in [0, 0.1) is 6.92 Å². The van der Waals surface area contributed by atoms with Crippen LogP contribution in [0.2, 0.25) is 5.02 Å². The Morgan fingerprint density at radius 2 is 2.26 bits per heavy atom. The molecule has 1 aliphatic rings. The van der Waals surface area contributed by atoms with Crippen LogP contribution in [0.5, 0.6) is 11.5 Å². The molecule has 8 heteroatoms. The fraction of sp³-hybridized carbons (Fsp3) is 0.333. The molecular weight excluding hydrogens is 340 g/mol. The first-order chi connectivity index (χ1) is 11.1. The lowest BCUT2D eigenvalue weighted by molar-refractivity contribution is -0.115. The Bertz CT molecular complexity index is 719. The molecular formula is C15H15ClN2O4S. The average Bonchev–Trinajstić information content (AvgIpc) is 3.13. The summed E-state index contributed by atoms with van der Waals surface area (Å²) in [5.41, 5.74) is 1.04. The van der Waals surface area contributed by atoms with Crippen LogP contribution in [0.1, 0.15) is 17.7 Å². The van der Waals surface area contributed by atoms with E-state index in [1.54, 1.807) is 24.8 Å². The number of carbonyl (C=O) groups excluding carboxylic acids is 1. The first-order valence-electron chi connectivity index (χ1n) is 7.01. The standard InChI is InChI=1S/C15H15ClN2O4S/c1-9-4-13(18-22-9)17-14(19)2-3-23-7-10-5-11(16)15-12(6-10)20-8-21-15/h4-6H,2-3,7-8H2,1H3,(H,17,18,19). The van der Waals surface area contributed by atoms with Gasteiger partial charge in [0.1, 0.15) is 5.76 Å². The molecule has 0 fully saturated rings. The molecule has 0 saturated heterocycles. The number of anilines is 1. The molecule has 122 valence electrons. The van der Waals surface area contributed by atoms with E-state index in [-0.39, 0.29) is 12.7 Å². The van der Waals surface area contributed by atoms with Crippen LogP contribution in [0.4, 0.5) is 5.82 Å². The van der Waals surface area contributed by atoms with Gasteiger partial charge in [-0.05, 0) is 24.6 Å². The molecule has 3 rings (SSSR count). The average molecular weight is 355 g/mol. The predicted molar refractivity (Wildman–Crippen MR) is 88.2 cm³/mol. The Hall–Kier alpha value is -1.86. The van der Waals surface area contributed by atoms with Crippen LogP contribution in [0.15, 0.2) is 22.7 Å². The van der Waals surface area contributed by atoms with Gasteiger partial charge in [0.15, 0.2) is 17.3 Å². The summed E-state index contributed by atoms with van der Waals surface area (Å²) in [6.07, 6.45) is 0.398. The number of fused-ring (bicyclic) bond motifs is 1. The summed E-state index contributed by atoms with van der Waals surface area (Å²) in [7, 11) is 0. The van der Waals surface area contributed by atoms with Gasteiger partial charge in [-0.15, -0.1) is 0 Å². The van der Waals surface area contributed by atoms with Crippen molar-refractivity contribution in [3.63, 3.8) is 0 Å². The molecule has 0 unspecified atom stereocenters. The molecule has 0 aliphatic carbocycles. The van der Waals surface area contributed by atoms with Crippen molar-refractivity contribution in [1.82, 2.24) is 5.16 Å². The van der Waals surface area contributed by atoms with Crippen molar-refractivity contribution in [2.75, 3.05) is 17.9 Å². The zero-order chi connectivity index (χ0) is 16.2. The van der Waals surface area contributed by atoms with Crippen molar-refractivity contribution in [2.24, 2.45) is 0 Å². The highest BCUT2D eigenvalue weighted by molar-refractivity contribution is 7.98. The van der Waals surface area contributed by atoms with Crippen LogP contribution in [0.3, 0.4) is 0 Å². The molecule has 2 heterocycles. The number of thioether (sulfide) groups is 1. The lowest BCUT2D eigenvalue weighted by Crippen LogP contribution is -2.12. The van der Waals surface area contributed by atoms with Crippen LogP contribution in [0.25, 0.3) is 0 Å². The fourth-order valence-corrected chi connectivity index (χ4v) is 3.25. The van der Waals surface area contributed by atoms with Crippen LogP contribution >= 0.6 is 23.4 Å². The minimum Gasteiger partial charge on any atom is -0.454 e. The molecule has 1 aromatic carbocycles. The molecule has 1 amide bonds. The van der Waals surface area contributed by atoms with Gasteiger partial charge in [-0.3, -0.25) is 4.79 Å². The van der Waals surface area contributed by atoms with Crippen molar-refractivity contribution in [3.8, 4) is 11.5 Å². The Morgan fingerprint density at radius 3 is 3.04 bits per heavy atom. The Balaban J connectivity index is 1.43. The highest BCUT2D eigenvalue weighted by atomic mass is 35.5. The Morgan fingerprint density at radius 1 is 1.39 bits per heavy atom. The Labute approximate surface area is 142 Å².